The van der Waals surface area contributed by atoms with E-state index in [0.717, 1.165) is 11.3 Å². The van der Waals surface area contributed by atoms with Crippen LogP contribution in [0.4, 0.5) is 4.39 Å². The third kappa shape index (κ3) is 4.85. The van der Waals surface area contributed by atoms with Crippen molar-refractivity contribution in [2.75, 3.05) is 7.11 Å². The van der Waals surface area contributed by atoms with Crippen LogP contribution in [0.1, 0.15) is 34.6 Å². The molecule has 0 aliphatic carbocycles. The van der Waals surface area contributed by atoms with Crippen LogP contribution in [-0.2, 0) is 6.61 Å². The molecule has 3 aromatic rings. The Hall–Kier alpha value is -3.41. The van der Waals surface area contributed by atoms with Gasteiger partial charge in [0.25, 0.3) is 5.91 Å². The van der Waals surface area contributed by atoms with Crippen molar-refractivity contribution in [1.82, 2.24) is 10.3 Å². The number of pyridine rings is 1. The Kier molecular flexibility index (Phi) is 6.22. The van der Waals surface area contributed by atoms with Gasteiger partial charge in [0.15, 0.2) is 0 Å². The molecule has 6 heteroatoms. The summed E-state index contributed by atoms with van der Waals surface area (Å²) in [5, 5.41) is 2.80. The predicted molar refractivity (Wildman–Crippen MR) is 104 cm³/mol. The number of rotatable bonds is 7. The zero-order valence-corrected chi connectivity index (χ0v) is 15.7. The van der Waals surface area contributed by atoms with E-state index in [1.165, 1.54) is 19.2 Å². The van der Waals surface area contributed by atoms with Crippen LogP contribution in [0.2, 0.25) is 0 Å². The van der Waals surface area contributed by atoms with Crippen LogP contribution >= 0.6 is 0 Å². The van der Waals surface area contributed by atoms with Crippen LogP contribution in [-0.4, -0.2) is 18.0 Å². The van der Waals surface area contributed by atoms with Crippen molar-refractivity contribution in [2.24, 2.45) is 0 Å². The number of benzene rings is 2. The lowest BCUT2D eigenvalue weighted by Gasteiger charge is -2.16. The van der Waals surface area contributed by atoms with Crippen molar-refractivity contribution in [2.45, 2.75) is 19.6 Å². The number of hydrogen-bond acceptors (Lipinski definition) is 4. The van der Waals surface area contributed by atoms with Gasteiger partial charge in [-0.05, 0) is 48.9 Å². The van der Waals surface area contributed by atoms with Crippen LogP contribution < -0.4 is 14.8 Å². The highest BCUT2D eigenvalue weighted by Gasteiger charge is 2.16. The summed E-state index contributed by atoms with van der Waals surface area (Å²) < 4.78 is 24.8. The second-order valence-corrected chi connectivity index (χ2v) is 6.22. The summed E-state index contributed by atoms with van der Waals surface area (Å²) in [5.41, 5.74) is 1.64. The van der Waals surface area contributed by atoms with Gasteiger partial charge in [0, 0.05) is 12.3 Å². The molecule has 0 aliphatic rings. The lowest BCUT2D eigenvalue weighted by molar-refractivity contribution is 0.0935. The molecule has 28 heavy (non-hydrogen) atoms. The van der Waals surface area contributed by atoms with E-state index in [2.05, 4.69) is 10.3 Å². The van der Waals surface area contributed by atoms with E-state index in [0.29, 0.717) is 18.1 Å². The van der Waals surface area contributed by atoms with Crippen LogP contribution in [0.3, 0.4) is 0 Å². The standard InChI is InChI=1S/C22H21FN2O3/c1-15(25-22(26)20-10-9-18(27-2)13-21(20)23)16-6-5-8-19(12-16)28-14-17-7-3-4-11-24-17/h3-13,15H,14H2,1-2H3,(H,25,26). The molecule has 1 atom stereocenters. The summed E-state index contributed by atoms with van der Waals surface area (Å²) in [6, 6.07) is 16.9. The lowest BCUT2D eigenvalue weighted by Crippen LogP contribution is -2.27. The predicted octanol–water partition coefficient (Wildman–Crippen LogP) is 4.30. The Bertz CT molecular complexity index is 948. The van der Waals surface area contributed by atoms with E-state index < -0.39 is 11.7 Å². The average Bonchev–Trinajstić information content (AvgIpc) is 2.73. The SMILES string of the molecule is COc1ccc(C(=O)NC(C)c2cccc(OCc3ccccn3)c2)c(F)c1. The Morgan fingerprint density at radius 1 is 1.11 bits per heavy atom. The molecule has 2 aromatic carbocycles. The third-order valence-corrected chi connectivity index (χ3v) is 4.24. The summed E-state index contributed by atoms with van der Waals surface area (Å²) in [4.78, 5) is 16.6. The molecule has 3 rings (SSSR count). The first kappa shape index (κ1) is 19.4. The molecule has 1 amide bonds. The van der Waals surface area contributed by atoms with Gasteiger partial charge in [-0.3, -0.25) is 9.78 Å². The van der Waals surface area contributed by atoms with Gasteiger partial charge < -0.3 is 14.8 Å². The Morgan fingerprint density at radius 3 is 2.68 bits per heavy atom. The molecular weight excluding hydrogens is 359 g/mol. The van der Waals surface area contributed by atoms with E-state index in [1.54, 1.807) is 12.3 Å². The van der Waals surface area contributed by atoms with Crippen LogP contribution in [0.25, 0.3) is 0 Å². The van der Waals surface area contributed by atoms with Gasteiger partial charge in [0.1, 0.15) is 23.9 Å². The molecule has 1 N–H and O–H groups in total. The summed E-state index contributed by atoms with van der Waals surface area (Å²) >= 11 is 0. The fourth-order valence-corrected chi connectivity index (χ4v) is 2.68. The molecule has 144 valence electrons. The minimum atomic E-state index is -0.628. The zero-order chi connectivity index (χ0) is 19.9. The summed E-state index contributed by atoms with van der Waals surface area (Å²) in [5.74, 6) is -0.0938. The number of methoxy groups -OCH3 is 1. The Balaban J connectivity index is 1.65. The van der Waals surface area contributed by atoms with Crippen LogP contribution in [0, 0.1) is 5.82 Å². The van der Waals surface area contributed by atoms with Gasteiger partial charge in [0.05, 0.1) is 24.4 Å². The van der Waals surface area contributed by atoms with Crippen LogP contribution in [0.5, 0.6) is 11.5 Å². The number of carbonyl (C=O) groups excluding carboxylic acids is 1. The molecule has 5 nitrogen and oxygen atoms in total. The fraction of sp³-hybridized carbons (Fsp3) is 0.182. The van der Waals surface area contributed by atoms with Gasteiger partial charge in [-0.25, -0.2) is 4.39 Å². The lowest BCUT2D eigenvalue weighted by atomic mass is 10.1. The van der Waals surface area contributed by atoms with Gasteiger partial charge >= 0.3 is 0 Å². The quantitative estimate of drug-likeness (QED) is 0.664. The number of nitrogens with one attached hydrogen (secondary N) is 1. The van der Waals surface area contributed by atoms with Crippen molar-refractivity contribution >= 4 is 5.91 Å². The first-order valence-corrected chi connectivity index (χ1v) is 8.84. The normalized spacial score (nSPS) is 11.5. The number of halogens is 1. The maximum absolute atomic E-state index is 14.1. The Labute approximate surface area is 163 Å². The maximum atomic E-state index is 14.1. The monoisotopic (exact) mass is 380 g/mol. The maximum Gasteiger partial charge on any atom is 0.254 e. The molecular formula is C22H21FN2O3. The van der Waals surface area contributed by atoms with Crippen molar-refractivity contribution in [3.05, 3.63) is 89.5 Å². The number of nitrogens with zero attached hydrogens (tertiary/aromatic N) is 1. The first-order chi connectivity index (χ1) is 13.6. The van der Waals surface area contributed by atoms with Gasteiger partial charge in [-0.1, -0.05) is 18.2 Å². The molecule has 1 heterocycles. The molecule has 1 aromatic heterocycles. The molecule has 0 spiro atoms. The van der Waals surface area contributed by atoms with Crippen molar-refractivity contribution in [3.8, 4) is 11.5 Å². The minimum absolute atomic E-state index is 0.0322. The second-order valence-electron chi connectivity index (χ2n) is 6.22. The highest BCUT2D eigenvalue weighted by Crippen LogP contribution is 2.21. The smallest absolute Gasteiger partial charge is 0.254 e. The van der Waals surface area contributed by atoms with E-state index in [1.807, 2.05) is 49.4 Å². The minimum Gasteiger partial charge on any atom is -0.497 e. The summed E-state index contributed by atoms with van der Waals surface area (Å²) in [6.07, 6.45) is 1.71. The number of ether oxygens (including phenoxy) is 2. The highest BCUT2D eigenvalue weighted by molar-refractivity contribution is 5.94. The molecule has 0 fully saturated rings. The second kappa shape index (κ2) is 8.99. The first-order valence-electron chi connectivity index (χ1n) is 8.84. The van der Waals surface area contributed by atoms with Gasteiger partial charge in [0.2, 0.25) is 0 Å². The van der Waals surface area contributed by atoms with Crippen molar-refractivity contribution < 1.29 is 18.7 Å². The van der Waals surface area contributed by atoms with E-state index in [9.17, 15) is 9.18 Å². The molecule has 0 saturated carbocycles. The molecule has 0 aliphatic heterocycles. The number of hydrogen-bond donors (Lipinski definition) is 1. The average molecular weight is 380 g/mol. The summed E-state index contributed by atoms with van der Waals surface area (Å²) in [7, 11) is 1.44. The third-order valence-electron chi connectivity index (χ3n) is 4.24. The Morgan fingerprint density at radius 2 is 1.96 bits per heavy atom. The van der Waals surface area contributed by atoms with Crippen molar-refractivity contribution in [3.63, 3.8) is 0 Å². The van der Waals surface area contributed by atoms with Gasteiger partial charge in [-0.2, -0.15) is 0 Å². The van der Waals surface area contributed by atoms with Crippen molar-refractivity contribution in [1.29, 1.82) is 0 Å². The zero-order valence-electron chi connectivity index (χ0n) is 15.7. The highest BCUT2D eigenvalue weighted by atomic mass is 19.1. The molecule has 0 bridgehead atoms. The van der Waals surface area contributed by atoms with Gasteiger partial charge in [-0.15, -0.1) is 0 Å². The number of carbonyl (C=O) groups is 1. The topological polar surface area (TPSA) is 60.5 Å². The van der Waals surface area contributed by atoms with E-state index >= 15 is 0 Å². The number of amides is 1. The van der Waals surface area contributed by atoms with E-state index in [-0.39, 0.29) is 11.6 Å². The molecule has 1 unspecified atom stereocenters. The van der Waals surface area contributed by atoms with E-state index in [4.69, 9.17) is 9.47 Å². The summed E-state index contributed by atoms with van der Waals surface area (Å²) in [6.45, 7) is 2.18. The molecule has 0 radical (unpaired) electrons. The number of aromatic nitrogens is 1. The molecule has 0 saturated heterocycles. The largest absolute Gasteiger partial charge is 0.497 e. The fourth-order valence-electron chi connectivity index (χ4n) is 2.68. The van der Waals surface area contributed by atoms with Crippen LogP contribution in [0.15, 0.2) is 66.9 Å².